The first-order valence-corrected chi connectivity index (χ1v) is 4.26. The molecule has 2 rings (SSSR count). The van der Waals surface area contributed by atoms with E-state index in [1.165, 1.54) is 6.33 Å². The maximum absolute atomic E-state index is 9.53. The quantitative estimate of drug-likeness (QED) is 0.624. The van der Waals surface area contributed by atoms with E-state index in [1.54, 1.807) is 0 Å². The van der Waals surface area contributed by atoms with Gasteiger partial charge in [0.15, 0.2) is 0 Å². The summed E-state index contributed by atoms with van der Waals surface area (Å²) in [6, 6.07) is 0. The molecule has 0 bridgehead atoms. The first-order chi connectivity index (χ1) is 5.70. The minimum Gasteiger partial charge on any atom is -0.387 e. The molecular formula is C8H9ClN2O. The highest BCUT2D eigenvalue weighted by Crippen LogP contribution is 2.40. The van der Waals surface area contributed by atoms with E-state index in [9.17, 15) is 5.11 Å². The highest BCUT2D eigenvalue weighted by Gasteiger charge is 2.30. The number of aliphatic hydroxyl groups is 1. The van der Waals surface area contributed by atoms with Crippen LogP contribution in [0.5, 0.6) is 0 Å². The number of fused-ring (bicyclic) bond motifs is 1. The molecule has 2 atom stereocenters. The van der Waals surface area contributed by atoms with E-state index < -0.39 is 6.10 Å². The topological polar surface area (TPSA) is 46.0 Å². The van der Waals surface area contributed by atoms with Gasteiger partial charge in [-0.1, -0.05) is 18.5 Å². The molecule has 0 unspecified atom stereocenters. The molecular weight excluding hydrogens is 176 g/mol. The van der Waals surface area contributed by atoms with Gasteiger partial charge < -0.3 is 5.11 Å². The summed E-state index contributed by atoms with van der Waals surface area (Å²) in [5.41, 5.74) is 1.61. The number of hydrogen-bond acceptors (Lipinski definition) is 3. The Morgan fingerprint density at radius 2 is 2.33 bits per heavy atom. The third-order valence-corrected chi connectivity index (χ3v) is 2.55. The lowest BCUT2D eigenvalue weighted by Gasteiger charge is -2.03. The van der Waals surface area contributed by atoms with Crippen LogP contribution >= 0.6 is 11.6 Å². The van der Waals surface area contributed by atoms with Gasteiger partial charge in [0, 0.05) is 5.56 Å². The van der Waals surface area contributed by atoms with Gasteiger partial charge in [0.2, 0.25) is 0 Å². The van der Waals surface area contributed by atoms with Crippen molar-refractivity contribution in [2.24, 2.45) is 0 Å². The van der Waals surface area contributed by atoms with E-state index in [2.05, 4.69) is 9.97 Å². The van der Waals surface area contributed by atoms with Crippen LogP contribution < -0.4 is 0 Å². The Labute approximate surface area is 75.4 Å². The first-order valence-electron chi connectivity index (χ1n) is 3.88. The van der Waals surface area contributed by atoms with E-state index in [1.807, 2.05) is 6.92 Å². The number of halogens is 1. The van der Waals surface area contributed by atoms with Crippen LogP contribution in [0.25, 0.3) is 0 Å². The van der Waals surface area contributed by atoms with Gasteiger partial charge in [-0.25, -0.2) is 9.97 Å². The van der Waals surface area contributed by atoms with Crippen molar-refractivity contribution >= 4 is 11.6 Å². The molecule has 1 aliphatic rings. The van der Waals surface area contributed by atoms with E-state index in [4.69, 9.17) is 11.6 Å². The Morgan fingerprint density at radius 1 is 1.58 bits per heavy atom. The van der Waals surface area contributed by atoms with Gasteiger partial charge in [0.25, 0.3) is 0 Å². The summed E-state index contributed by atoms with van der Waals surface area (Å²) < 4.78 is 0. The predicted molar refractivity (Wildman–Crippen MR) is 45.0 cm³/mol. The van der Waals surface area contributed by atoms with Crippen LogP contribution in [0, 0.1) is 0 Å². The third kappa shape index (κ3) is 1.01. The van der Waals surface area contributed by atoms with Crippen molar-refractivity contribution in [1.82, 2.24) is 9.97 Å². The SMILES string of the molecule is C[C@@H]1C[C@@H](O)c2ncnc(Cl)c21. The molecule has 1 heterocycles. The Hall–Kier alpha value is -0.670. The van der Waals surface area contributed by atoms with Crippen LogP contribution in [0.15, 0.2) is 6.33 Å². The molecule has 1 aliphatic carbocycles. The van der Waals surface area contributed by atoms with Crippen LogP contribution in [-0.4, -0.2) is 15.1 Å². The number of aromatic nitrogens is 2. The molecule has 1 aromatic rings. The molecule has 3 nitrogen and oxygen atoms in total. The molecule has 4 heteroatoms. The molecule has 1 N–H and O–H groups in total. The van der Waals surface area contributed by atoms with Crippen LogP contribution in [0.4, 0.5) is 0 Å². The molecule has 0 saturated carbocycles. The van der Waals surface area contributed by atoms with Crippen molar-refractivity contribution in [3.05, 3.63) is 22.7 Å². The lowest BCUT2D eigenvalue weighted by molar-refractivity contribution is 0.170. The molecule has 0 saturated heterocycles. The van der Waals surface area contributed by atoms with Crippen molar-refractivity contribution in [3.8, 4) is 0 Å². The van der Waals surface area contributed by atoms with Crippen LogP contribution in [0.2, 0.25) is 5.15 Å². The smallest absolute Gasteiger partial charge is 0.136 e. The maximum Gasteiger partial charge on any atom is 0.136 e. The molecule has 0 aromatic carbocycles. The standard InChI is InChI=1S/C8H9ClN2O/c1-4-2-5(12)7-6(4)8(9)11-3-10-7/h3-5,12H,2H2,1H3/t4-,5-/m1/s1. The lowest BCUT2D eigenvalue weighted by atomic mass is 10.1. The second-order valence-corrected chi connectivity index (χ2v) is 3.47. The van der Waals surface area contributed by atoms with Gasteiger partial charge in [0.05, 0.1) is 11.8 Å². The summed E-state index contributed by atoms with van der Waals surface area (Å²) in [5, 5.41) is 10.0. The number of hydrogen-bond donors (Lipinski definition) is 1. The average molecular weight is 185 g/mol. The molecule has 12 heavy (non-hydrogen) atoms. The van der Waals surface area contributed by atoms with Crippen molar-refractivity contribution in [2.75, 3.05) is 0 Å². The predicted octanol–water partition coefficient (Wildman–Crippen LogP) is 1.67. The van der Waals surface area contributed by atoms with Crippen molar-refractivity contribution < 1.29 is 5.11 Å². The molecule has 0 fully saturated rings. The van der Waals surface area contributed by atoms with Crippen LogP contribution in [-0.2, 0) is 0 Å². The highest BCUT2D eigenvalue weighted by molar-refractivity contribution is 6.30. The van der Waals surface area contributed by atoms with Crippen molar-refractivity contribution in [3.63, 3.8) is 0 Å². The Kier molecular flexibility index (Phi) is 1.77. The Balaban J connectivity index is 2.59. The van der Waals surface area contributed by atoms with E-state index in [-0.39, 0.29) is 5.92 Å². The zero-order chi connectivity index (χ0) is 8.72. The number of nitrogens with zero attached hydrogens (tertiary/aromatic N) is 2. The molecule has 0 radical (unpaired) electrons. The number of aliphatic hydroxyl groups excluding tert-OH is 1. The number of rotatable bonds is 0. The van der Waals surface area contributed by atoms with Gasteiger partial charge in [-0.15, -0.1) is 0 Å². The summed E-state index contributed by atoms with van der Waals surface area (Å²) >= 11 is 5.87. The van der Waals surface area contributed by atoms with Crippen molar-refractivity contribution in [1.29, 1.82) is 0 Å². The van der Waals surface area contributed by atoms with Gasteiger partial charge in [-0.3, -0.25) is 0 Å². The first kappa shape index (κ1) is 7.95. The van der Waals surface area contributed by atoms with Crippen LogP contribution in [0.3, 0.4) is 0 Å². The van der Waals surface area contributed by atoms with Crippen molar-refractivity contribution in [2.45, 2.75) is 25.4 Å². The van der Waals surface area contributed by atoms with Gasteiger partial charge >= 0.3 is 0 Å². The molecule has 1 aromatic heterocycles. The highest BCUT2D eigenvalue weighted by atomic mass is 35.5. The monoisotopic (exact) mass is 184 g/mol. The summed E-state index contributed by atoms with van der Waals surface area (Å²) in [7, 11) is 0. The van der Waals surface area contributed by atoms with Gasteiger partial charge in [-0.2, -0.15) is 0 Å². The molecule has 0 amide bonds. The maximum atomic E-state index is 9.53. The summed E-state index contributed by atoms with van der Waals surface area (Å²) in [6.07, 6.45) is 1.63. The second-order valence-electron chi connectivity index (χ2n) is 3.12. The Bertz CT molecular complexity index is 316. The minimum atomic E-state index is -0.463. The van der Waals surface area contributed by atoms with Gasteiger partial charge in [-0.05, 0) is 12.3 Å². The van der Waals surface area contributed by atoms with E-state index >= 15 is 0 Å². The van der Waals surface area contributed by atoms with Crippen LogP contribution in [0.1, 0.15) is 36.6 Å². The fraction of sp³-hybridized carbons (Fsp3) is 0.500. The zero-order valence-electron chi connectivity index (χ0n) is 6.66. The van der Waals surface area contributed by atoms with Gasteiger partial charge in [0.1, 0.15) is 11.5 Å². The second kappa shape index (κ2) is 2.68. The van der Waals surface area contributed by atoms with E-state index in [0.29, 0.717) is 17.3 Å². The van der Waals surface area contributed by atoms with E-state index in [0.717, 1.165) is 5.56 Å². The molecule has 0 spiro atoms. The summed E-state index contributed by atoms with van der Waals surface area (Å²) in [4.78, 5) is 7.88. The summed E-state index contributed by atoms with van der Waals surface area (Å²) in [5.74, 6) is 0.267. The Morgan fingerprint density at radius 3 is 3.00 bits per heavy atom. The summed E-state index contributed by atoms with van der Waals surface area (Å²) in [6.45, 7) is 2.02. The fourth-order valence-electron chi connectivity index (χ4n) is 1.67. The average Bonchev–Trinajstić information content (AvgIpc) is 2.29. The third-order valence-electron chi connectivity index (χ3n) is 2.25. The fourth-order valence-corrected chi connectivity index (χ4v) is 2.00. The molecule has 0 aliphatic heterocycles. The normalized spacial score (nSPS) is 27.2. The largest absolute Gasteiger partial charge is 0.387 e. The molecule has 64 valence electrons. The minimum absolute atomic E-state index is 0.267. The lowest BCUT2D eigenvalue weighted by Crippen LogP contribution is -1.96. The zero-order valence-corrected chi connectivity index (χ0v) is 7.41.